The molecular weight excluding hydrogens is 578 g/mol. The second kappa shape index (κ2) is 11.6. The first kappa shape index (κ1) is 29.9. The van der Waals surface area contributed by atoms with Gasteiger partial charge in [-0.3, -0.25) is 4.79 Å². The number of piperidine rings is 1. The van der Waals surface area contributed by atoms with Crippen molar-refractivity contribution in [2.75, 3.05) is 32.6 Å². The molecule has 1 aliphatic heterocycles. The summed E-state index contributed by atoms with van der Waals surface area (Å²) in [5, 5.41) is 12.4. The van der Waals surface area contributed by atoms with Crippen molar-refractivity contribution in [3.05, 3.63) is 46.2 Å². The molecule has 0 aliphatic carbocycles. The number of carbonyl (C=O) groups excluding carboxylic acids is 1. The number of nitrogens with zero attached hydrogens (tertiary/aromatic N) is 5. The van der Waals surface area contributed by atoms with Crippen LogP contribution in [0.2, 0.25) is 0 Å². The highest BCUT2D eigenvalue weighted by Gasteiger charge is 2.32. The molecule has 0 radical (unpaired) electrons. The Hall–Kier alpha value is -3.56. The summed E-state index contributed by atoms with van der Waals surface area (Å²) >= 11 is 1.28. The Bertz CT molecular complexity index is 1560. The number of hydrogen-bond acceptors (Lipinski definition) is 9. The number of amides is 1. The molecular formula is C27H31F4N7O3S. The number of ether oxygens (including phenoxy) is 1. The molecule has 42 heavy (non-hydrogen) atoms. The Kier molecular flexibility index (Phi) is 8.27. The van der Waals surface area contributed by atoms with Crippen LogP contribution in [0.25, 0.3) is 22.4 Å². The minimum atomic E-state index is -4.54. The lowest BCUT2D eigenvalue weighted by atomic mass is 10.0. The van der Waals surface area contributed by atoms with Gasteiger partial charge in [0.1, 0.15) is 29.0 Å². The summed E-state index contributed by atoms with van der Waals surface area (Å²) in [6.07, 6.45) is -5.11. The number of likely N-dealkylation sites (tertiary alicyclic amines) is 1. The van der Waals surface area contributed by atoms with Crippen LogP contribution in [0.3, 0.4) is 0 Å². The predicted molar refractivity (Wildman–Crippen MR) is 149 cm³/mol. The van der Waals surface area contributed by atoms with E-state index in [1.807, 2.05) is 25.8 Å². The van der Waals surface area contributed by atoms with E-state index in [1.54, 1.807) is 30.7 Å². The molecule has 1 aliphatic rings. The number of methoxy groups -OCH3 is 1. The van der Waals surface area contributed by atoms with Crippen LogP contribution in [-0.4, -0.2) is 76.1 Å². The quantitative estimate of drug-likeness (QED) is 0.256. The van der Waals surface area contributed by atoms with E-state index in [-0.39, 0.29) is 41.7 Å². The van der Waals surface area contributed by atoms with Crippen LogP contribution in [0.1, 0.15) is 41.7 Å². The Balaban J connectivity index is 1.39. The second-order valence-corrected chi connectivity index (χ2v) is 11.6. The van der Waals surface area contributed by atoms with Crippen molar-refractivity contribution in [2.45, 2.75) is 57.3 Å². The third-order valence-corrected chi connectivity index (χ3v) is 8.38. The van der Waals surface area contributed by atoms with Gasteiger partial charge in [0.2, 0.25) is 11.7 Å². The zero-order valence-electron chi connectivity index (χ0n) is 23.5. The lowest BCUT2D eigenvalue weighted by molar-refractivity contribution is -0.139. The van der Waals surface area contributed by atoms with Crippen LogP contribution in [0.15, 0.2) is 34.2 Å². The molecule has 4 aromatic rings. The summed E-state index contributed by atoms with van der Waals surface area (Å²) in [6, 6.07) is 5.96. The van der Waals surface area contributed by atoms with Crippen molar-refractivity contribution in [1.29, 1.82) is 0 Å². The topological polar surface area (TPSA) is 110 Å². The largest absolute Gasteiger partial charge is 0.406 e. The van der Waals surface area contributed by atoms with Crippen LogP contribution < -0.4 is 10.6 Å². The van der Waals surface area contributed by atoms with Crippen LogP contribution in [0, 0.1) is 0 Å². The molecule has 2 N–H and O–H groups in total. The summed E-state index contributed by atoms with van der Waals surface area (Å²) in [4.78, 5) is 23.1. The van der Waals surface area contributed by atoms with Gasteiger partial charge in [-0.15, -0.1) is 11.3 Å². The summed E-state index contributed by atoms with van der Waals surface area (Å²) in [5.41, 5.74) is 0.403. The number of aromatic nitrogens is 4. The van der Waals surface area contributed by atoms with E-state index >= 15 is 0 Å². The molecule has 15 heteroatoms. The summed E-state index contributed by atoms with van der Waals surface area (Å²) in [7, 11) is 3.39. The van der Waals surface area contributed by atoms with Crippen LogP contribution in [-0.2, 0) is 23.4 Å². The van der Waals surface area contributed by atoms with E-state index in [0.29, 0.717) is 29.0 Å². The maximum absolute atomic E-state index is 14.7. The van der Waals surface area contributed by atoms with E-state index < -0.39 is 36.4 Å². The molecule has 1 fully saturated rings. The zero-order chi connectivity index (χ0) is 30.2. The third kappa shape index (κ3) is 6.42. The number of benzene rings is 1. The fourth-order valence-electron chi connectivity index (χ4n) is 4.78. The average molecular weight is 610 g/mol. The maximum atomic E-state index is 14.7. The number of fused-ring (bicyclic) bond motifs is 1. The molecule has 1 aromatic carbocycles. The Morgan fingerprint density at radius 3 is 2.76 bits per heavy atom. The highest BCUT2D eigenvalue weighted by molar-refractivity contribution is 7.10. The Morgan fingerprint density at radius 2 is 2.05 bits per heavy atom. The number of alkyl halides is 4. The molecule has 10 nitrogen and oxygen atoms in total. The van der Waals surface area contributed by atoms with Gasteiger partial charge in [0.25, 0.3) is 5.91 Å². The van der Waals surface area contributed by atoms with E-state index in [9.17, 15) is 22.4 Å². The summed E-state index contributed by atoms with van der Waals surface area (Å²) in [6.45, 7) is 3.18. The van der Waals surface area contributed by atoms with E-state index in [1.165, 1.54) is 17.4 Å². The maximum Gasteiger partial charge on any atom is 0.406 e. The van der Waals surface area contributed by atoms with Crippen molar-refractivity contribution < 1.29 is 31.6 Å². The smallest absolute Gasteiger partial charge is 0.379 e. The predicted octanol–water partition coefficient (Wildman–Crippen LogP) is 4.98. The van der Waals surface area contributed by atoms with Gasteiger partial charge in [-0.1, -0.05) is 11.2 Å². The fourth-order valence-corrected chi connectivity index (χ4v) is 5.68. The highest BCUT2D eigenvalue weighted by Crippen LogP contribution is 2.35. The molecule has 0 spiro atoms. The van der Waals surface area contributed by atoms with E-state index in [4.69, 9.17) is 9.26 Å². The third-order valence-electron chi connectivity index (χ3n) is 7.23. The van der Waals surface area contributed by atoms with Crippen LogP contribution in [0.4, 0.5) is 23.2 Å². The van der Waals surface area contributed by atoms with Gasteiger partial charge < -0.3 is 29.4 Å². The van der Waals surface area contributed by atoms with E-state index in [0.717, 1.165) is 4.57 Å². The molecule has 5 rings (SSSR count). The minimum absolute atomic E-state index is 0.000200. The number of hydrogen-bond donors (Lipinski definition) is 2. The standard InChI is InChI=1S/C27H31F4N7O3S/c1-26(2,40-4)25-34-19(13-42-25)24(39)32-11-22-35-23(36-41-22)21-10-15-17(33-18-8-9-37(3)12-16(18)28)6-5-7-20(15)38(21)14-27(29,30)31/h5-7,10,13,16,18,33H,8-9,11-12,14H2,1-4H3,(H,32,39)/t16-,18+/m0/s1. The van der Waals surface area contributed by atoms with Gasteiger partial charge in [0.15, 0.2) is 0 Å². The van der Waals surface area contributed by atoms with Gasteiger partial charge in [-0.25, -0.2) is 9.37 Å². The zero-order valence-corrected chi connectivity index (χ0v) is 24.3. The van der Waals surface area contributed by atoms with Gasteiger partial charge in [-0.2, -0.15) is 18.2 Å². The monoisotopic (exact) mass is 609 g/mol. The molecule has 226 valence electrons. The molecule has 1 amide bonds. The minimum Gasteiger partial charge on any atom is -0.379 e. The molecule has 2 atom stereocenters. The van der Waals surface area contributed by atoms with Crippen molar-refractivity contribution in [2.24, 2.45) is 0 Å². The lowest BCUT2D eigenvalue weighted by Crippen LogP contribution is -2.46. The second-order valence-electron chi connectivity index (χ2n) is 10.7. The number of halogens is 4. The number of rotatable bonds is 9. The van der Waals surface area contributed by atoms with Crippen molar-refractivity contribution >= 4 is 33.8 Å². The SMILES string of the molecule is COC(C)(C)c1nc(C(=O)NCc2nc(-c3cc4c(N[C@@H]5CCN(C)C[C@@H]5F)cccc4n3CC(F)(F)F)no2)cs1. The fraction of sp³-hybridized carbons (Fsp3) is 0.481. The average Bonchev–Trinajstić information content (AvgIpc) is 3.68. The summed E-state index contributed by atoms with van der Waals surface area (Å²) in [5.74, 6) is -0.558. The number of anilines is 1. The molecule has 1 saturated heterocycles. The first-order chi connectivity index (χ1) is 19.8. The lowest BCUT2D eigenvalue weighted by Gasteiger charge is -2.33. The van der Waals surface area contributed by atoms with E-state index in [2.05, 4.69) is 25.8 Å². The highest BCUT2D eigenvalue weighted by atomic mass is 32.1. The van der Waals surface area contributed by atoms with Crippen LogP contribution in [0.5, 0.6) is 0 Å². The van der Waals surface area contributed by atoms with Crippen molar-refractivity contribution in [1.82, 2.24) is 29.9 Å². The van der Waals surface area contributed by atoms with Crippen molar-refractivity contribution in [3.63, 3.8) is 0 Å². The number of carbonyl (C=O) groups is 1. The number of nitrogens with one attached hydrogen (secondary N) is 2. The van der Waals surface area contributed by atoms with Crippen LogP contribution >= 0.6 is 11.3 Å². The van der Waals surface area contributed by atoms with Crippen molar-refractivity contribution in [3.8, 4) is 11.5 Å². The normalized spacial score (nSPS) is 18.5. The molecule has 0 saturated carbocycles. The first-order valence-corrected chi connectivity index (χ1v) is 14.1. The van der Waals surface area contributed by atoms with Gasteiger partial charge in [0, 0.05) is 36.7 Å². The molecule has 0 bridgehead atoms. The Morgan fingerprint density at radius 1 is 1.26 bits per heavy atom. The van der Waals surface area contributed by atoms with Gasteiger partial charge in [-0.05, 0) is 45.5 Å². The number of thiazole rings is 1. The van der Waals surface area contributed by atoms with Gasteiger partial charge in [0.05, 0.1) is 23.8 Å². The Labute approximate surface area is 243 Å². The molecule has 4 heterocycles. The first-order valence-electron chi connectivity index (χ1n) is 13.2. The summed E-state index contributed by atoms with van der Waals surface area (Å²) < 4.78 is 67.4. The molecule has 3 aromatic heterocycles. The molecule has 0 unspecified atom stereocenters. The van der Waals surface area contributed by atoms with Gasteiger partial charge >= 0.3 is 6.18 Å².